The highest BCUT2D eigenvalue weighted by Gasteiger charge is 2.17. The monoisotopic (exact) mass is 323 g/mol. The molecule has 1 amide bonds. The third-order valence-electron chi connectivity index (χ3n) is 3.99. The maximum atomic E-state index is 11.4. The first-order valence-electron chi connectivity index (χ1n) is 7.93. The zero-order chi connectivity index (χ0) is 17.1. The van der Waals surface area contributed by atoms with Crippen LogP contribution in [0.15, 0.2) is 48.5 Å². The fourth-order valence-corrected chi connectivity index (χ4v) is 2.87. The molecule has 1 unspecified atom stereocenters. The van der Waals surface area contributed by atoms with Gasteiger partial charge in [-0.25, -0.2) is 4.98 Å². The summed E-state index contributed by atoms with van der Waals surface area (Å²) in [5, 5.41) is 2.92. The quantitative estimate of drug-likeness (QED) is 0.784. The minimum Gasteiger partial charge on any atom is -0.497 e. The SMILES string of the molecule is COc1ccc(Cn2c(C(C)NC(C)=O)nc3ccccc32)cc1. The molecular formula is C19H21N3O2. The number of carbonyl (C=O) groups is 1. The van der Waals surface area contributed by atoms with Crippen LogP contribution in [0, 0.1) is 0 Å². The molecule has 1 aromatic heterocycles. The van der Waals surface area contributed by atoms with E-state index in [0.29, 0.717) is 6.54 Å². The largest absolute Gasteiger partial charge is 0.497 e. The zero-order valence-corrected chi connectivity index (χ0v) is 14.1. The van der Waals surface area contributed by atoms with Crippen LogP contribution >= 0.6 is 0 Å². The van der Waals surface area contributed by atoms with Gasteiger partial charge in [-0.3, -0.25) is 4.79 Å². The van der Waals surface area contributed by atoms with E-state index in [1.165, 1.54) is 6.92 Å². The van der Waals surface area contributed by atoms with Crippen LogP contribution in [0.5, 0.6) is 5.75 Å². The Labute approximate surface area is 141 Å². The molecular weight excluding hydrogens is 302 g/mol. The molecule has 5 heteroatoms. The molecule has 0 radical (unpaired) electrons. The Balaban J connectivity index is 2.01. The number of ether oxygens (including phenoxy) is 1. The van der Waals surface area contributed by atoms with Gasteiger partial charge in [0, 0.05) is 13.5 Å². The summed E-state index contributed by atoms with van der Waals surface area (Å²) < 4.78 is 7.36. The van der Waals surface area contributed by atoms with Gasteiger partial charge in [-0.2, -0.15) is 0 Å². The molecule has 0 aliphatic rings. The number of aromatic nitrogens is 2. The summed E-state index contributed by atoms with van der Waals surface area (Å²) in [6.45, 7) is 4.16. The van der Waals surface area contributed by atoms with Crippen molar-refractivity contribution in [2.45, 2.75) is 26.4 Å². The normalized spacial score (nSPS) is 12.1. The number of carbonyl (C=O) groups excluding carboxylic acids is 1. The lowest BCUT2D eigenvalue weighted by atomic mass is 10.2. The van der Waals surface area contributed by atoms with E-state index in [4.69, 9.17) is 9.72 Å². The molecule has 0 fully saturated rings. The fraction of sp³-hybridized carbons (Fsp3) is 0.263. The summed E-state index contributed by atoms with van der Waals surface area (Å²) >= 11 is 0. The summed E-state index contributed by atoms with van der Waals surface area (Å²) in [4.78, 5) is 16.1. The lowest BCUT2D eigenvalue weighted by molar-refractivity contribution is -0.119. The maximum Gasteiger partial charge on any atom is 0.217 e. The van der Waals surface area contributed by atoms with Gasteiger partial charge in [0.25, 0.3) is 0 Å². The Morgan fingerprint density at radius 3 is 2.58 bits per heavy atom. The van der Waals surface area contributed by atoms with E-state index in [-0.39, 0.29) is 11.9 Å². The first-order valence-corrected chi connectivity index (χ1v) is 7.93. The number of methoxy groups -OCH3 is 1. The molecule has 0 saturated heterocycles. The van der Waals surface area contributed by atoms with Crippen molar-refractivity contribution < 1.29 is 9.53 Å². The van der Waals surface area contributed by atoms with Gasteiger partial charge in [-0.05, 0) is 36.8 Å². The first kappa shape index (κ1) is 16.1. The molecule has 1 heterocycles. The van der Waals surface area contributed by atoms with Crippen LogP contribution in [0.3, 0.4) is 0 Å². The Morgan fingerprint density at radius 1 is 1.21 bits per heavy atom. The van der Waals surface area contributed by atoms with Crippen LogP contribution in [0.25, 0.3) is 11.0 Å². The topological polar surface area (TPSA) is 56.1 Å². The van der Waals surface area contributed by atoms with Gasteiger partial charge in [0.2, 0.25) is 5.91 Å². The summed E-state index contributed by atoms with van der Waals surface area (Å²) in [7, 11) is 1.66. The second-order valence-electron chi connectivity index (χ2n) is 5.82. The number of nitrogens with one attached hydrogen (secondary N) is 1. The van der Waals surface area contributed by atoms with Gasteiger partial charge < -0.3 is 14.6 Å². The van der Waals surface area contributed by atoms with E-state index in [9.17, 15) is 4.79 Å². The van der Waals surface area contributed by atoms with Crippen LogP contribution < -0.4 is 10.1 Å². The number of imidazole rings is 1. The molecule has 0 bridgehead atoms. The zero-order valence-electron chi connectivity index (χ0n) is 14.1. The molecule has 124 valence electrons. The first-order chi connectivity index (χ1) is 11.6. The lowest BCUT2D eigenvalue weighted by Crippen LogP contribution is -2.26. The average Bonchev–Trinajstić information content (AvgIpc) is 2.94. The van der Waals surface area contributed by atoms with Crippen molar-refractivity contribution in [3.05, 3.63) is 59.9 Å². The second-order valence-corrected chi connectivity index (χ2v) is 5.82. The third-order valence-corrected chi connectivity index (χ3v) is 3.99. The molecule has 2 aromatic carbocycles. The Morgan fingerprint density at radius 2 is 1.92 bits per heavy atom. The Kier molecular flexibility index (Phi) is 4.51. The van der Waals surface area contributed by atoms with E-state index in [1.54, 1.807) is 7.11 Å². The van der Waals surface area contributed by atoms with Gasteiger partial charge in [-0.15, -0.1) is 0 Å². The van der Waals surface area contributed by atoms with Crippen molar-refractivity contribution >= 4 is 16.9 Å². The van der Waals surface area contributed by atoms with Crippen molar-refractivity contribution in [1.82, 2.24) is 14.9 Å². The molecule has 24 heavy (non-hydrogen) atoms. The minimum absolute atomic E-state index is 0.0643. The lowest BCUT2D eigenvalue weighted by Gasteiger charge is -2.15. The van der Waals surface area contributed by atoms with Gasteiger partial charge in [0.15, 0.2) is 0 Å². The standard InChI is InChI=1S/C19H21N3O2/c1-13(20-14(2)23)19-21-17-6-4-5-7-18(17)22(19)12-15-8-10-16(24-3)11-9-15/h4-11,13H,12H2,1-3H3,(H,20,23). The van der Waals surface area contributed by atoms with Crippen molar-refractivity contribution in [3.63, 3.8) is 0 Å². The minimum atomic E-state index is -0.159. The van der Waals surface area contributed by atoms with E-state index in [2.05, 4.69) is 16.0 Å². The number of nitrogens with zero attached hydrogens (tertiary/aromatic N) is 2. The molecule has 0 aliphatic heterocycles. The van der Waals surface area contributed by atoms with Gasteiger partial charge in [-0.1, -0.05) is 24.3 Å². The van der Waals surface area contributed by atoms with Crippen LogP contribution in [-0.4, -0.2) is 22.6 Å². The van der Waals surface area contributed by atoms with Gasteiger partial charge in [0.1, 0.15) is 11.6 Å². The fourth-order valence-electron chi connectivity index (χ4n) is 2.87. The van der Waals surface area contributed by atoms with Crippen LogP contribution in [0.1, 0.15) is 31.3 Å². The maximum absolute atomic E-state index is 11.4. The smallest absolute Gasteiger partial charge is 0.217 e. The highest BCUT2D eigenvalue weighted by atomic mass is 16.5. The molecule has 1 atom stereocenters. The number of hydrogen-bond donors (Lipinski definition) is 1. The molecule has 0 spiro atoms. The molecule has 1 N–H and O–H groups in total. The summed E-state index contributed by atoms with van der Waals surface area (Å²) in [6, 6.07) is 15.8. The van der Waals surface area contributed by atoms with E-state index in [0.717, 1.165) is 28.2 Å². The number of rotatable bonds is 5. The summed E-state index contributed by atoms with van der Waals surface area (Å²) in [6.07, 6.45) is 0. The van der Waals surface area contributed by atoms with Crippen molar-refractivity contribution in [3.8, 4) is 5.75 Å². The van der Waals surface area contributed by atoms with Gasteiger partial charge >= 0.3 is 0 Å². The van der Waals surface area contributed by atoms with Crippen molar-refractivity contribution in [2.24, 2.45) is 0 Å². The average molecular weight is 323 g/mol. The predicted octanol–water partition coefficient (Wildman–Crippen LogP) is 3.29. The Hall–Kier alpha value is -2.82. The van der Waals surface area contributed by atoms with Crippen LogP contribution in [0.2, 0.25) is 0 Å². The van der Waals surface area contributed by atoms with Gasteiger partial charge in [0.05, 0.1) is 24.2 Å². The number of para-hydroxylation sites is 2. The van der Waals surface area contributed by atoms with E-state index >= 15 is 0 Å². The highest BCUT2D eigenvalue weighted by Crippen LogP contribution is 2.23. The second kappa shape index (κ2) is 6.74. The van der Waals surface area contributed by atoms with E-state index in [1.807, 2.05) is 49.4 Å². The molecule has 0 saturated carbocycles. The molecule has 3 aromatic rings. The highest BCUT2D eigenvalue weighted by molar-refractivity contribution is 5.77. The summed E-state index contributed by atoms with van der Waals surface area (Å²) in [5.74, 6) is 1.62. The van der Waals surface area contributed by atoms with Crippen LogP contribution in [-0.2, 0) is 11.3 Å². The number of amides is 1. The third kappa shape index (κ3) is 3.25. The number of benzene rings is 2. The molecule has 0 aliphatic carbocycles. The van der Waals surface area contributed by atoms with Crippen molar-refractivity contribution in [2.75, 3.05) is 7.11 Å². The molecule has 5 nitrogen and oxygen atoms in total. The molecule has 3 rings (SSSR count). The van der Waals surface area contributed by atoms with Crippen molar-refractivity contribution in [1.29, 1.82) is 0 Å². The Bertz CT molecular complexity index is 853. The predicted molar refractivity (Wildman–Crippen MR) is 94.1 cm³/mol. The number of fused-ring (bicyclic) bond motifs is 1. The van der Waals surface area contributed by atoms with Crippen LogP contribution in [0.4, 0.5) is 0 Å². The summed E-state index contributed by atoms with van der Waals surface area (Å²) in [5.41, 5.74) is 3.13. The number of hydrogen-bond acceptors (Lipinski definition) is 3. The van der Waals surface area contributed by atoms with E-state index < -0.39 is 0 Å².